The number of piperazine rings is 1. The van der Waals surface area contributed by atoms with Gasteiger partial charge in [0.1, 0.15) is 19.3 Å². The van der Waals surface area contributed by atoms with Crippen LogP contribution in [-0.4, -0.2) is 85.1 Å². The van der Waals surface area contributed by atoms with E-state index in [4.69, 9.17) is 9.47 Å². The molecule has 2 aromatic rings. The number of carbonyl (C=O) groups excluding carboxylic acids is 1. The number of aliphatic hydroxyl groups excluding tert-OH is 1. The van der Waals surface area contributed by atoms with Gasteiger partial charge in [0.15, 0.2) is 17.6 Å². The number of carbonyl (C=O) groups is 1. The number of fused-ring (bicyclic) bond motifs is 1. The van der Waals surface area contributed by atoms with Gasteiger partial charge in [-0.05, 0) is 50.5 Å². The number of hydrogen-bond donors (Lipinski definition) is 1. The number of rotatable bonds is 8. The Labute approximate surface area is 215 Å². The molecule has 2 heterocycles. The first-order valence-corrected chi connectivity index (χ1v) is 13.4. The lowest BCUT2D eigenvalue weighted by atomic mass is 10.1. The van der Waals surface area contributed by atoms with Gasteiger partial charge in [0.05, 0.1) is 38.4 Å². The van der Waals surface area contributed by atoms with Crippen LogP contribution in [0.25, 0.3) is 0 Å². The Morgan fingerprint density at radius 3 is 2.39 bits per heavy atom. The smallest absolute Gasteiger partial charge is 0.324 e. The van der Waals surface area contributed by atoms with Gasteiger partial charge < -0.3 is 24.0 Å². The summed E-state index contributed by atoms with van der Waals surface area (Å²) in [4.78, 5) is 17.7. The molecule has 0 saturated carbocycles. The van der Waals surface area contributed by atoms with E-state index in [2.05, 4.69) is 45.9 Å². The van der Waals surface area contributed by atoms with Crippen LogP contribution in [0.5, 0.6) is 11.5 Å². The van der Waals surface area contributed by atoms with Gasteiger partial charge in [0.25, 0.3) is 0 Å². The van der Waals surface area contributed by atoms with E-state index in [9.17, 15) is 9.90 Å². The van der Waals surface area contributed by atoms with E-state index in [0.717, 1.165) is 66.1 Å². The fraction of sp³-hybridized carbons (Fsp3) is 0.552. The summed E-state index contributed by atoms with van der Waals surface area (Å²) < 4.78 is 12.7. The SMILES string of the molecule is CCCCN(C(=O)N1CC[N+](CC)(CC(O)C2COc3ccccc3O2)CC1)c1c(C)cccc1C. The van der Waals surface area contributed by atoms with Crippen molar-refractivity contribution < 1.29 is 23.9 Å². The highest BCUT2D eigenvalue weighted by Gasteiger charge is 2.40. The predicted molar refractivity (Wildman–Crippen MR) is 143 cm³/mol. The highest BCUT2D eigenvalue weighted by molar-refractivity contribution is 5.93. The molecule has 1 fully saturated rings. The van der Waals surface area contributed by atoms with Crippen LogP contribution in [0.3, 0.4) is 0 Å². The zero-order valence-electron chi connectivity index (χ0n) is 22.3. The molecule has 7 nitrogen and oxygen atoms in total. The van der Waals surface area contributed by atoms with Crippen molar-refractivity contribution in [2.75, 3.05) is 57.3 Å². The molecule has 36 heavy (non-hydrogen) atoms. The van der Waals surface area contributed by atoms with Crippen molar-refractivity contribution in [3.8, 4) is 11.5 Å². The lowest BCUT2D eigenvalue weighted by Gasteiger charge is -2.46. The summed E-state index contributed by atoms with van der Waals surface area (Å²) in [5.41, 5.74) is 3.31. The van der Waals surface area contributed by atoms with Crippen molar-refractivity contribution in [1.82, 2.24) is 4.90 Å². The molecule has 2 aliphatic rings. The molecule has 0 aliphatic carbocycles. The number of hydrogen-bond acceptors (Lipinski definition) is 4. The van der Waals surface area contributed by atoms with Crippen molar-refractivity contribution in [3.63, 3.8) is 0 Å². The van der Waals surface area contributed by atoms with E-state index >= 15 is 0 Å². The van der Waals surface area contributed by atoms with Crippen LogP contribution in [0.4, 0.5) is 10.5 Å². The topological polar surface area (TPSA) is 62.2 Å². The molecule has 2 aromatic carbocycles. The van der Waals surface area contributed by atoms with Crippen LogP contribution >= 0.6 is 0 Å². The molecule has 7 heteroatoms. The van der Waals surface area contributed by atoms with E-state index in [0.29, 0.717) is 32.0 Å². The summed E-state index contributed by atoms with van der Waals surface area (Å²) >= 11 is 0. The minimum Gasteiger partial charge on any atom is -0.486 e. The van der Waals surface area contributed by atoms with Crippen molar-refractivity contribution in [1.29, 1.82) is 0 Å². The molecule has 2 aliphatic heterocycles. The van der Waals surface area contributed by atoms with Crippen LogP contribution in [0.2, 0.25) is 0 Å². The van der Waals surface area contributed by atoms with Crippen LogP contribution in [0.1, 0.15) is 37.8 Å². The number of unbranched alkanes of at least 4 members (excludes halogenated alkanes) is 1. The number of para-hydroxylation sites is 3. The minimum atomic E-state index is -0.642. The van der Waals surface area contributed by atoms with E-state index < -0.39 is 12.2 Å². The van der Waals surface area contributed by atoms with Gasteiger partial charge >= 0.3 is 6.03 Å². The molecule has 2 atom stereocenters. The summed E-state index contributed by atoms with van der Waals surface area (Å²) in [5, 5.41) is 11.1. The zero-order chi connectivity index (χ0) is 25.7. The number of urea groups is 1. The highest BCUT2D eigenvalue weighted by atomic mass is 16.6. The first-order valence-electron chi connectivity index (χ1n) is 13.4. The molecule has 196 valence electrons. The fourth-order valence-corrected chi connectivity index (χ4v) is 5.47. The molecule has 4 rings (SSSR count). The van der Waals surface area contributed by atoms with E-state index in [1.165, 1.54) is 0 Å². The quantitative estimate of drug-likeness (QED) is 0.551. The van der Waals surface area contributed by atoms with Gasteiger partial charge in [-0.25, -0.2) is 4.79 Å². The molecule has 0 bridgehead atoms. The maximum absolute atomic E-state index is 13.8. The summed E-state index contributed by atoms with van der Waals surface area (Å²) in [6.07, 6.45) is 0.979. The number of anilines is 1. The number of benzene rings is 2. The average Bonchev–Trinajstić information content (AvgIpc) is 2.90. The summed E-state index contributed by atoms with van der Waals surface area (Å²) in [5.74, 6) is 1.41. The van der Waals surface area contributed by atoms with Crippen LogP contribution in [0.15, 0.2) is 42.5 Å². The Balaban J connectivity index is 1.41. The monoisotopic (exact) mass is 496 g/mol. The maximum Gasteiger partial charge on any atom is 0.324 e. The second-order valence-corrected chi connectivity index (χ2v) is 10.3. The Morgan fingerprint density at radius 2 is 1.75 bits per heavy atom. The number of amides is 2. The van der Waals surface area contributed by atoms with Crippen molar-refractivity contribution >= 4 is 11.7 Å². The van der Waals surface area contributed by atoms with Crippen molar-refractivity contribution in [3.05, 3.63) is 53.6 Å². The number of quaternary nitrogens is 1. The van der Waals surface area contributed by atoms with Crippen molar-refractivity contribution in [2.24, 2.45) is 0 Å². The third-order valence-corrected chi connectivity index (χ3v) is 7.84. The van der Waals surface area contributed by atoms with Crippen LogP contribution < -0.4 is 14.4 Å². The Kier molecular flexibility index (Phi) is 8.42. The number of ether oxygens (including phenoxy) is 2. The normalized spacial score (nSPS) is 19.6. The number of likely N-dealkylation sites (N-methyl/N-ethyl adjacent to an activating group) is 1. The molecule has 0 spiro atoms. The first-order chi connectivity index (χ1) is 17.4. The average molecular weight is 497 g/mol. The van der Waals surface area contributed by atoms with E-state index in [1.54, 1.807) is 0 Å². The number of aliphatic hydroxyl groups is 1. The fourth-order valence-electron chi connectivity index (χ4n) is 5.47. The van der Waals surface area contributed by atoms with Crippen LogP contribution in [0, 0.1) is 13.8 Å². The van der Waals surface area contributed by atoms with Gasteiger partial charge in [-0.15, -0.1) is 0 Å². The molecule has 0 aromatic heterocycles. The van der Waals surface area contributed by atoms with E-state index in [1.807, 2.05) is 34.1 Å². The van der Waals surface area contributed by atoms with E-state index in [-0.39, 0.29) is 6.03 Å². The standard InChI is InChI=1S/C29H42N3O4/c1-5-7-15-31(28-22(3)11-10-12-23(28)4)29(34)30-16-18-32(6-2,19-17-30)20-24(33)27-21-35-25-13-8-9-14-26(25)36-27/h8-14,24,27,33H,5-7,15-21H2,1-4H3/q+1. The lowest BCUT2D eigenvalue weighted by Crippen LogP contribution is -2.65. The Hall–Kier alpha value is -2.77. The summed E-state index contributed by atoms with van der Waals surface area (Å²) in [6.45, 7) is 14.0. The second-order valence-electron chi connectivity index (χ2n) is 10.3. The zero-order valence-corrected chi connectivity index (χ0v) is 22.3. The molecule has 1 N–H and O–H groups in total. The lowest BCUT2D eigenvalue weighted by molar-refractivity contribution is -0.933. The van der Waals surface area contributed by atoms with Crippen molar-refractivity contribution in [2.45, 2.75) is 52.7 Å². The second kappa shape index (κ2) is 11.5. The predicted octanol–water partition coefficient (Wildman–Crippen LogP) is 4.38. The van der Waals surface area contributed by atoms with Crippen LogP contribution in [-0.2, 0) is 0 Å². The molecule has 0 radical (unpaired) electrons. The minimum absolute atomic E-state index is 0.0934. The maximum atomic E-state index is 13.8. The highest BCUT2D eigenvalue weighted by Crippen LogP contribution is 2.32. The first kappa shape index (κ1) is 26.3. The number of nitrogens with zero attached hydrogens (tertiary/aromatic N) is 3. The Bertz CT molecular complexity index is 1010. The van der Waals surface area contributed by atoms with Gasteiger partial charge in [-0.3, -0.25) is 4.90 Å². The summed E-state index contributed by atoms with van der Waals surface area (Å²) in [7, 11) is 0. The van der Waals surface area contributed by atoms with Gasteiger partial charge in [0.2, 0.25) is 0 Å². The molecular formula is C29H42N3O4+. The molecule has 2 unspecified atom stereocenters. The molecular weight excluding hydrogens is 454 g/mol. The summed E-state index contributed by atoms with van der Waals surface area (Å²) in [6, 6.07) is 13.9. The molecule has 1 saturated heterocycles. The van der Waals surface area contributed by atoms with Gasteiger partial charge in [-0.2, -0.15) is 0 Å². The Morgan fingerprint density at radius 1 is 1.08 bits per heavy atom. The largest absolute Gasteiger partial charge is 0.486 e. The number of aryl methyl sites for hydroxylation is 2. The third kappa shape index (κ3) is 5.62. The van der Waals surface area contributed by atoms with Gasteiger partial charge in [-0.1, -0.05) is 43.7 Å². The molecule has 2 amide bonds. The van der Waals surface area contributed by atoms with Gasteiger partial charge in [0, 0.05) is 6.54 Å². The third-order valence-electron chi connectivity index (χ3n) is 7.84.